The number of ether oxygens (including phenoxy) is 1. The van der Waals surface area contributed by atoms with Crippen molar-refractivity contribution in [2.75, 3.05) is 7.11 Å². The Hall–Kier alpha value is -0.880. The zero-order valence-electron chi connectivity index (χ0n) is 8.68. The van der Waals surface area contributed by atoms with E-state index in [1.807, 2.05) is 0 Å². The molecule has 0 fully saturated rings. The molecule has 0 saturated heterocycles. The number of sulfone groups is 1. The number of hydrogen-bond donors (Lipinski definition) is 0. The van der Waals surface area contributed by atoms with Gasteiger partial charge in [-0.2, -0.15) is 0 Å². The van der Waals surface area contributed by atoms with Crippen molar-refractivity contribution < 1.29 is 17.9 Å². The quantitative estimate of drug-likeness (QED) is 0.764. The average molecular weight is 248 g/mol. The molecular weight excluding hydrogens is 236 g/mol. The molecule has 15 heavy (non-hydrogen) atoms. The highest BCUT2D eigenvalue weighted by Gasteiger charge is 2.27. The summed E-state index contributed by atoms with van der Waals surface area (Å²) in [5.74, 6) is -0.607. The van der Waals surface area contributed by atoms with Crippen LogP contribution in [-0.4, -0.2) is 26.7 Å². The maximum Gasteiger partial charge on any atom is 0.349 e. The largest absolute Gasteiger partial charge is 0.465 e. The van der Waals surface area contributed by atoms with Crippen molar-refractivity contribution in [2.45, 2.75) is 24.0 Å². The lowest BCUT2D eigenvalue weighted by Gasteiger charge is -2.07. The van der Waals surface area contributed by atoms with E-state index in [0.717, 1.165) is 11.3 Å². The van der Waals surface area contributed by atoms with Crippen LogP contribution in [0.3, 0.4) is 0 Å². The van der Waals surface area contributed by atoms with E-state index in [4.69, 9.17) is 0 Å². The van der Waals surface area contributed by atoms with Gasteiger partial charge in [-0.3, -0.25) is 0 Å². The second kappa shape index (κ2) is 4.32. The minimum atomic E-state index is -3.41. The van der Waals surface area contributed by atoms with Crippen molar-refractivity contribution in [1.82, 2.24) is 0 Å². The molecule has 1 rings (SSSR count). The van der Waals surface area contributed by atoms with E-state index >= 15 is 0 Å². The number of carbonyl (C=O) groups excluding carboxylic acids is 1. The predicted molar refractivity (Wildman–Crippen MR) is 58.0 cm³/mol. The fourth-order valence-corrected chi connectivity index (χ4v) is 3.41. The first kappa shape index (κ1) is 12.2. The topological polar surface area (TPSA) is 60.4 Å². The van der Waals surface area contributed by atoms with Crippen LogP contribution in [0.4, 0.5) is 0 Å². The van der Waals surface area contributed by atoms with Gasteiger partial charge >= 0.3 is 5.97 Å². The van der Waals surface area contributed by atoms with Crippen molar-refractivity contribution in [3.05, 3.63) is 16.3 Å². The molecular formula is C9H12O4S2. The zero-order valence-corrected chi connectivity index (χ0v) is 10.3. The molecule has 0 spiro atoms. The molecule has 0 N–H and O–H groups in total. The van der Waals surface area contributed by atoms with Crippen molar-refractivity contribution in [3.63, 3.8) is 0 Å². The van der Waals surface area contributed by atoms with Gasteiger partial charge in [0.15, 0.2) is 9.84 Å². The van der Waals surface area contributed by atoms with Gasteiger partial charge in [0, 0.05) is 0 Å². The van der Waals surface area contributed by atoms with E-state index in [9.17, 15) is 13.2 Å². The van der Waals surface area contributed by atoms with Crippen molar-refractivity contribution in [3.8, 4) is 0 Å². The van der Waals surface area contributed by atoms with Crippen LogP contribution < -0.4 is 0 Å². The number of hydrogen-bond acceptors (Lipinski definition) is 5. The second-order valence-corrected chi connectivity index (χ2v) is 6.59. The lowest BCUT2D eigenvalue weighted by atomic mass is 10.5. The minimum Gasteiger partial charge on any atom is -0.465 e. The van der Waals surface area contributed by atoms with Crippen molar-refractivity contribution in [2.24, 2.45) is 0 Å². The van der Waals surface area contributed by atoms with Crippen LogP contribution in [0, 0.1) is 0 Å². The number of methoxy groups -OCH3 is 1. The molecule has 6 heteroatoms. The first-order chi connectivity index (χ1) is 6.91. The van der Waals surface area contributed by atoms with Crippen LogP contribution >= 0.6 is 11.3 Å². The van der Waals surface area contributed by atoms with Crippen LogP contribution in [-0.2, 0) is 14.6 Å². The van der Waals surface area contributed by atoms with Crippen LogP contribution in [0.5, 0.6) is 0 Å². The SMILES string of the molecule is COC(=O)c1sccc1S(=O)(=O)C(C)C. The fraction of sp³-hybridized carbons (Fsp3) is 0.444. The predicted octanol–water partition coefficient (Wildman–Crippen LogP) is 1.72. The lowest BCUT2D eigenvalue weighted by Crippen LogP contribution is -2.16. The van der Waals surface area contributed by atoms with Crippen LogP contribution in [0.25, 0.3) is 0 Å². The number of thiophene rings is 1. The molecule has 0 aromatic carbocycles. The van der Waals surface area contributed by atoms with Gasteiger partial charge in [-0.05, 0) is 25.3 Å². The van der Waals surface area contributed by atoms with E-state index in [0.29, 0.717) is 0 Å². The molecule has 0 atom stereocenters. The third-order valence-electron chi connectivity index (χ3n) is 1.93. The highest BCUT2D eigenvalue weighted by molar-refractivity contribution is 7.92. The average Bonchev–Trinajstić information content (AvgIpc) is 2.65. The van der Waals surface area contributed by atoms with Crippen molar-refractivity contribution >= 4 is 27.1 Å². The number of rotatable bonds is 3. The lowest BCUT2D eigenvalue weighted by molar-refractivity contribution is 0.0602. The first-order valence-electron chi connectivity index (χ1n) is 4.31. The Kier molecular flexibility index (Phi) is 3.51. The summed E-state index contributed by atoms with van der Waals surface area (Å²) in [4.78, 5) is 11.5. The van der Waals surface area contributed by atoms with Gasteiger partial charge in [0.2, 0.25) is 0 Å². The molecule has 0 amide bonds. The molecule has 0 aliphatic heterocycles. The standard InChI is InChI=1S/C9H12O4S2/c1-6(2)15(11,12)7-4-5-14-8(7)9(10)13-3/h4-6H,1-3H3. The molecule has 1 heterocycles. The maximum atomic E-state index is 11.8. The Morgan fingerprint density at radius 3 is 2.53 bits per heavy atom. The molecule has 0 aliphatic carbocycles. The second-order valence-electron chi connectivity index (χ2n) is 3.20. The molecule has 4 nitrogen and oxygen atoms in total. The Balaban J connectivity index is 3.29. The summed E-state index contributed by atoms with van der Waals surface area (Å²) >= 11 is 1.07. The van der Waals surface area contributed by atoms with Crippen LogP contribution in [0.15, 0.2) is 16.3 Å². The molecule has 0 unspecified atom stereocenters. The third kappa shape index (κ3) is 2.21. The summed E-state index contributed by atoms with van der Waals surface area (Å²) in [6.45, 7) is 3.15. The highest BCUT2D eigenvalue weighted by atomic mass is 32.2. The van der Waals surface area contributed by atoms with Crippen LogP contribution in [0.2, 0.25) is 0 Å². The summed E-state index contributed by atoms with van der Waals surface area (Å²) in [6, 6.07) is 1.44. The molecule has 0 radical (unpaired) electrons. The van der Waals surface area contributed by atoms with Gasteiger partial charge in [-0.1, -0.05) is 0 Å². The molecule has 84 valence electrons. The van der Waals surface area contributed by atoms with Crippen molar-refractivity contribution in [1.29, 1.82) is 0 Å². The highest BCUT2D eigenvalue weighted by Crippen LogP contribution is 2.25. The van der Waals surface area contributed by atoms with Gasteiger partial charge < -0.3 is 4.74 Å². The Labute approximate surface area is 92.8 Å². The van der Waals surface area contributed by atoms with E-state index in [2.05, 4.69) is 4.74 Å². The Morgan fingerprint density at radius 2 is 2.07 bits per heavy atom. The van der Waals surface area contributed by atoms with Gasteiger partial charge in [0.05, 0.1) is 17.3 Å². The Bertz CT molecular complexity index is 456. The molecule has 1 aromatic heterocycles. The summed E-state index contributed by atoms with van der Waals surface area (Å²) in [6.07, 6.45) is 0. The first-order valence-corrected chi connectivity index (χ1v) is 6.73. The van der Waals surface area contributed by atoms with E-state index < -0.39 is 21.1 Å². The fourth-order valence-electron chi connectivity index (χ4n) is 1.02. The summed E-state index contributed by atoms with van der Waals surface area (Å²) in [5, 5.41) is 1.03. The van der Waals surface area contributed by atoms with Crippen LogP contribution in [0.1, 0.15) is 23.5 Å². The molecule has 1 aromatic rings. The summed E-state index contributed by atoms with van der Waals surface area (Å²) < 4.78 is 28.2. The monoisotopic (exact) mass is 248 g/mol. The van der Waals surface area contributed by atoms with E-state index in [1.54, 1.807) is 19.2 Å². The van der Waals surface area contributed by atoms with Gasteiger partial charge in [-0.25, -0.2) is 13.2 Å². The number of carbonyl (C=O) groups is 1. The number of esters is 1. The smallest absolute Gasteiger partial charge is 0.349 e. The van der Waals surface area contributed by atoms with Gasteiger partial charge in [-0.15, -0.1) is 11.3 Å². The van der Waals surface area contributed by atoms with Gasteiger partial charge in [0.1, 0.15) is 4.88 Å². The molecule has 0 bridgehead atoms. The maximum absolute atomic E-state index is 11.8. The third-order valence-corrected chi connectivity index (χ3v) is 5.15. The molecule has 0 aliphatic rings. The van der Waals surface area contributed by atoms with Gasteiger partial charge in [0.25, 0.3) is 0 Å². The van der Waals surface area contributed by atoms with E-state index in [-0.39, 0.29) is 9.77 Å². The minimum absolute atomic E-state index is 0.0642. The molecule has 0 saturated carbocycles. The zero-order chi connectivity index (χ0) is 11.6. The summed E-state index contributed by atoms with van der Waals surface area (Å²) in [5.41, 5.74) is 0. The normalized spacial score (nSPS) is 11.7. The Morgan fingerprint density at radius 1 is 1.47 bits per heavy atom. The summed E-state index contributed by atoms with van der Waals surface area (Å²) in [7, 11) is -2.18. The van der Waals surface area contributed by atoms with E-state index in [1.165, 1.54) is 13.2 Å².